The van der Waals surface area contributed by atoms with E-state index in [1.807, 2.05) is 24.3 Å². The van der Waals surface area contributed by atoms with Crippen molar-refractivity contribution in [3.8, 4) is 44.5 Å². The van der Waals surface area contributed by atoms with Crippen molar-refractivity contribution in [2.75, 3.05) is 0 Å². The first kappa shape index (κ1) is 33.5. The Bertz CT molecular complexity index is 2810. The standard InChI is InChI=1S/C55H39N/c1-37(39-16-5-3-6-17-39)34-54(56-38(2)40-18-7-4-8-19-40)42-30-28-41(29-31-42)43-20-15-21-44(35-43)45-32-33-53-49(36-45)48-24-11-14-27-52(48)55(53)50-25-12-9-22-46(50)47-23-10-13-26-51(47)55/h3-36H,1H2,2H3/b54-34-,56-38+. The van der Waals surface area contributed by atoms with Gasteiger partial charge < -0.3 is 0 Å². The normalized spacial score (nSPS) is 13.5. The minimum Gasteiger partial charge on any atom is -0.252 e. The first-order valence-electron chi connectivity index (χ1n) is 19.3. The van der Waals surface area contributed by atoms with Gasteiger partial charge >= 0.3 is 0 Å². The summed E-state index contributed by atoms with van der Waals surface area (Å²) in [4.78, 5) is 5.15. The second-order valence-electron chi connectivity index (χ2n) is 14.8. The molecule has 264 valence electrons. The largest absolute Gasteiger partial charge is 0.252 e. The van der Waals surface area contributed by atoms with Crippen LogP contribution in [0.1, 0.15) is 45.9 Å². The zero-order chi connectivity index (χ0) is 37.6. The van der Waals surface area contributed by atoms with Gasteiger partial charge in [-0.25, -0.2) is 0 Å². The van der Waals surface area contributed by atoms with Crippen LogP contribution in [0.2, 0.25) is 0 Å². The molecule has 8 aromatic rings. The van der Waals surface area contributed by atoms with Crippen LogP contribution in [-0.2, 0) is 5.41 Å². The van der Waals surface area contributed by atoms with E-state index in [2.05, 4.69) is 196 Å². The molecule has 0 aliphatic heterocycles. The van der Waals surface area contributed by atoms with Gasteiger partial charge in [-0.05, 0) is 109 Å². The minimum absolute atomic E-state index is 0.328. The maximum absolute atomic E-state index is 5.15. The third-order valence-corrected chi connectivity index (χ3v) is 11.6. The van der Waals surface area contributed by atoms with Crippen LogP contribution in [0, 0.1) is 0 Å². The van der Waals surface area contributed by atoms with Crippen LogP contribution in [-0.4, -0.2) is 5.71 Å². The van der Waals surface area contributed by atoms with Crippen LogP contribution in [0.4, 0.5) is 0 Å². The average Bonchev–Trinajstić information content (AvgIpc) is 3.74. The molecule has 0 amide bonds. The fraction of sp³-hybridized carbons (Fsp3) is 0.0364. The molecule has 2 aliphatic rings. The van der Waals surface area contributed by atoms with Gasteiger partial charge in [0.25, 0.3) is 0 Å². The Morgan fingerprint density at radius 1 is 0.411 bits per heavy atom. The number of fused-ring (bicyclic) bond motifs is 10. The number of nitrogens with zero attached hydrogens (tertiary/aromatic N) is 1. The topological polar surface area (TPSA) is 12.4 Å². The van der Waals surface area contributed by atoms with Crippen molar-refractivity contribution in [2.45, 2.75) is 12.3 Å². The van der Waals surface area contributed by atoms with Crippen molar-refractivity contribution < 1.29 is 0 Å². The van der Waals surface area contributed by atoms with Gasteiger partial charge in [-0.2, -0.15) is 0 Å². The van der Waals surface area contributed by atoms with E-state index in [1.54, 1.807) is 0 Å². The van der Waals surface area contributed by atoms with Crippen LogP contribution in [0.3, 0.4) is 0 Å². The molecular weight excluding hydrogens is 675 g/mol. The highest BCUT2D eigenvalue weighted by atomic mass is 14.8. The van der Waals surface area contributed by atoms with Crippen LogP contribution < -0.4 is 0 Å². The quantitative estimate of drug-likeness (QED) is 0.115. The highest BCUT2D eigenvalue weighted by Gasteiger charge is 2.51. The van der Waals surface area contributed by atoms with E-state index in [0.29, 0.717) is 0 Å². The predicted octanol–water partition coefficient (Wildman–Crippen LogP) is 13.9. The Balaban J connectivity index is 1.02. The van der Waals surface area contributed by atoms with Crippen molar-refractivity contribution in [3.63, 3.8) is 0 Å². The van der Waals surface area contributed by atoms with E-state index < -0.39 is 0 Å². The maximum Gasteiger partial charge on any atom is 0.0725 e. The Labute approximate surface area is 329 Å². The van der Waals surface area contributed by atoms with Crippen LogP contribution in [0.5, 0.6) is 0 Å². The van der Waals surface area contributed by atoms with E-state index in [4.69, 9.17) is 4.99 Å². The van der Waals surface area contributed by atoms with E-state index >= 15 is 0 Å². The third kappa shape index (κ3) is 5.43. The molecule has 0 N–H and O–H groups in total. The zero-order valence-electron chi connectivity index (χ0n) is 31.3. The van der Waals surface area contributed by atoms with Crippen LogP contribution >= 0.6 is 0 Å². The maximum atomic E-state index is 5.15. The molecule has 0 saturated carbocycles. The SMILES string of the molecule is C=C(/C=C(\N=C(/C)c1ccccc1)c1ccc(-c2cccc(-c3ccc4c(c3)-c3ccccc3C43c4ccccc4-c4ccccc43)c2)cc1)c1ccccc1. The van der Waals surface area contributed by atoms with Gasteiger partial charge in [0.05, 0.1) is 11.1 Å². The molecule has 0 radical (unpaired) electrons. The Morgan fingerprint density at radius 3 is 1.48 bits per heavy atom. The van der Waals surface area contributed by atoms with Crippen molar-refractivity contribution in [1.82, 2.24) is 0 Å². The Kier molecular flexibility index (Phi) is 8.16. The molecule has 0 saturated heterocycles. The Morgan fingerprint density at radius 2 is 0.875 bits per heavy atom. The summed E-state index contributed by atoms with van der Waals surface area (Å²) in [5.74, 6) is 0. The fourth-order valence-electron chi connectivity index (χ4n) is 9.00. The van der Waals surface area contributed by atoms with Gasteiger partial charge in [0, 0.05) is 11.3 Å². The molecule has 10 rings (SSSR count). The number of allylic oxidation sites excluding steroid dienone is 2. The van der Waals surface area contributed by atoms with E-state index in [9.17, 15) is 0 Å². The lowest BCUT2D eigenvalue weighted by atomic mass is 9.70. The van der Waals surface area contributed by atoms with E-state index in [0.717, 1.165) is 39.2 Å². The van der Waals surface area contributed by atoms with Crippen LogP contribution in [0.15, 0.2) is 218 Å². The summed E-state index contributed by atoms with van der Waals surface area (Å²) in [5, 5.41) is 0. The van der Waals surface area contributed by atoms with Crippen molar-refractivity contribution in [3.05, 3.63) is 252 Å². The van der Waals surface area contributed by atoms with Gasteiger partial charge in [0.1, 0.15) is 0 Å². The smallest absolute Gasteiger partial charge is 0.0725 e. The molecule has 0 unspecified atom stereocenters. The van der Waals surface area contributed by atoms with Gasteiger partial charge in [-0.1, -0.05) is 195 Å². The zero-order valence-corrected chi connectivity index (χ0v) is 31.3. The molecule has 56 heavy (non-hydrogen) atoms. The highest BCUT2D eigenvalue weighted by Crippen LogP contribution is 2.62. The van der Waals surface area contributed by atoms with E-state index in [-0.39, 0.29) is 5.41 Å². The second-order valence-corrected chi connectivity index (χ2v) is 14.8. The van der Waals surface area contributed by atoms with Gasteiger partial charge in [0.2, 0.25) is 0 Å². The lowest BCUT2D eigenvalue weighted by Crippen LogP contribution is -2.25. The molecular formula is C55H39N. The highest BCUT2D eigenvalue weighted by molar-refractivity contribution is 6.02. The second kappa shape index (κ2) is 13.6. The number of aliphatic imine (C=N–C) groups is 1. The van der Waals surface area contributed by atoms with Crippen molar-refractivity contribution in [2.24, 2.45) is 4.99 Å². The summed E-state index contributed by atoms with van der Waals surface area (Å²) < 4.78 is 0. The third-order valence-electron chi connectivity index (χ3n) is 11.6. The summed E-state index contributed by atoms with van der Waals surface area (Å²) in [6, 6.07) is 72.4. The number of hydrogen-bond donors (Lipinski definition) is 0. The lowest BCUT2D eigenvalue weighted by Gasteiger charge is -2.30. The number of rotatable bonds is 7. The minimum atomic E-state index is -0.328. The molecule has 0 fully saturated rings. The first-order valence-corrected chi connectivity index (χ1v) is 19.3. The monoisotopic (exact) mass is 713 g/mol. The first-order chi connectivity index (χ1) is 27.6. The van der Waals surface area contributed by atoms with E-state index in [1.165, 1.54) is 61.2 Å². The summed E-state index contributed by atoms with van der Waals surface area (Å²) in [5.41, 5.74) is 21.1. The molecule has 0 bridgehead atoms. The Hall–Kier alpha value is -7.09. The van der Waals surface area contributed by atoms with Gasteiger partial charge in [0.15, 0.2) is 0 Å². The molecule has 1 spiro atoms. The average molecular weight is 714 g/mol. The van der Waals surface area contributed by atoms with Crippen molar-refractivity contribution >= 4 is 17.0 Å². The molecule has 0 aromatic heterocycles. The summed E-state index contributed by atoms with van der Waals surface area (Å²) in [6.45, 7) is 6.47. The summed E-state index contributed by atoms with van der Waals surface area (Å²) in [6.07, 6.45) is 2.09. The molecule has 1 heteroatoms. The van der Waals surface area contributed by atoms with Gasteiger partial charge in [-0.15, -0.1) is 0 Å². The number of benzene rings is 8. The molecule has 0 atom stereocenters. The van der Waals surface area contributed by atoms with Crippen LogP contribution in [0.25, 0.3) is 55.8 Å². The lowest BCUT2D eigenvalue weighted by molar-refractivity contribution is 0.794. The summed E-state index contributed by atoms with van der Waals surface area (Å²) in [7, 11) is 0. The number of hydrogen-bond acceptors (Lipinski definition) is 1. The molecule has 8 aromatic carbocycles. The molecule has 1 nitrogen and oxygen atoms in total. The van der Waals surface area contributed by atoms with Crippen molar-refractivity contribution in [1.29, 1.82) is 0 Å². The fourth-order valence-corrected chi connectivity index (χ4v) is 9.00. The predicted molar refractivity (Wildman–Crippen MR) is 236 cm³/mol. The molecule has 0 heterocycles. The van der Waals surface area contributed by atoms with Gasteiger partial charge in [-0.3, -0.25) is 4.99 Å². The summed E-state index contributed by atoms with van der Waals surface area (Å²) >= 11 is 0. The molecule has 2 aliphatic carbocycles.